The number of halogens is 2. The zero-order valence-electron chi connectivity index (χ0n) is 23.3. The first kappa shape index (κ1) is 27.5. The van der Waals surface area contributed by atoms with E-state index in [4.69, 9.17) is 32.5 Å². The van der Waals surface area contributed by atoms with Gasteiger partial charge in [-0.1, -0.05) is 83.0 Å². The fourth-order valence-electron chi connectivity index (χ4n) is 6.60. The molecule has 2 aliphatic heterocycles. The second kappa shape index (κ2) is 11.8. The van der Waals surface area contributed by atoms with E-state index in [-0.39, 0.29) is 24.2 Å². The van der Waals surface area contributed by atoms with Crippen LogP contribution in [0.4, 0.5) is 4.79 Å². The van der Waals surface area contributed by atoms with E-state index in [9.17, 15) is 4.79 Å². The van der Waals surface area contributed by atoms with Gasteiger partial charge in [0.15, 0.2) is 0 Å². The molecule has 2 amide bonds. The average Bonchev–Trinajstić information content (AvgIpc) is 3.71. The summed E-state index contributed by atoms with van der Waals surface area (Å²) >= 11 is 13.1. The summed E-state index contributed by atoms with van der Waals surface area (Å²) in [6.07, 6.45) is 5.88. The van der Waals surface area contributed by atoms with Gasteiger partial charge in [-0.2, -0.15) is 0 Å². The van der Waals surface area contributed by atoms with Gasteiger partial charge in [-0.15, -0.1) is 0 Å². The number of hydrogen-bond acceptors (Lipinski definition) is 4. The van der Waals surface area contributed by atoms with E-state index in [0.29, 0.717) is 40.4 Å². The van der Waals surface area contributed by atoms with Gasteiger partial charge in [-0.05, 0) is 73.4 Å². The number of piperidine rings is 1. The highest BCUT2D eigenvalue weighted by molar-refractivity contribution is 6.39. The SMILES string of the molecule is O=C(NCc1cccc(-c2ccccc2)c1)N1C2CCC1CC(OCc1c(-c3c(Cl)cccc3Cl)noc1C1CC1)C2. The second-order valence-corrected chi connectivity index (χ2v) is 12.5. The Morgan fingerprint density at radius 1 is 0.905 bits per heavy atom. The summed E-state index contributed by atoms with van der Waals surface area (Å²) in [6, 6.07) is 24.5. The molecule has 7 rings (SSSR count). The number of hydrogen-bond donors (Lipinski definition) is 1. The van der Waals surface area contributed by atoms with Gasteiger partial charge in [0.25, 0.3) is 0 Å². The predicted molar refractivity (Wildman–Crippen MR) is 165 cm³/mol. The van der Waals surface area contributed by atoms with Crippen molar-refractivity contribution < 1.29 is 14.1 Å². The third kappa shape index (κ3) is 5.56. The van der Waals surface area contributed by atoms with Gasteiger partial charge >= 0.3 is 6.03 Å². The maximum Gasteiger partial charge on any atom is 0.318 e. The first-order valence-electron chi connectivity index (χ1n) is 14.8. The molecule has 4 aromatic rings. The molecular formula is C34H33Cl2N3O3. The molecule has 1 aliphatic carbocycles. The number of rotatable bonds is 8. The summed E-state index contributed by atoms with van der Waals surface area (Å²) in [5.74, 6) is 1.26. The zero-order chi connectivity index (χ0) is 28.6. The normalized spacial score (nSPS) is 21.5. The van der Waals surface area contributed by atoms with Crippen LogP contribution in [-0.2, 0) is 17.9 Å². The number of fused-ring (bicyclic) bond motifs is 2. The molecule has 2 atom stereocenters. The van der Waals surface area contributed by atoms with Crippen molar-refractivity contribution >= 4 is 29.2 Å². The molecule has 3 aromatic carbocycles. The quantitative estimate of drug-likeness (QED) is 0.219. The number of benzene rings is 3. The number of ether oxygens (including phenoxy) is 1. The Labute approximate surface area is 255 Å². The van der Waals surface area contributed by atoms with Gasteiger partial charge in [0, 0.05) is 35.7 Å². The molecule has 2 bridgehead atoms. The maximum atomic E-state index is 13.4. The zero-order valence-corrected chi connectivity index (χ0v) is 24.8. The van der Waals surface area contributed by atoms with Crippen molar-refractivity contribution in [2.75, 3.05) is 0 Å². The largest absolute Gasteiger partial charge is 0.373 e. The number of carbonyl (C=O) groups excluding carboxylic acids is 1. The number of urea groups is 1. The van der Waals surface area contributed by atoms with Gasteiger partial charge in [0.05, 0.1) is 22.8 Å². The maximum absolute atomic E-state index is 13.4. The molecule has 42 heavy (non-hydrogen) atoms. The van der Waals surface area contributed by atoms with Crippen LogP contribution in [0.1, 0.15) is 61.3 Å². The number of carbonyl (C=O) groups is 1. The average molecular weight is 603 g/mol. The third-order valence-electron chi connectivity index (χ3n) is 8.83. The molecule has 0 radical (unpaired) electrons. The van der Waals surface area contributed by atoms with E-state index < -0.39 is 0 Å². The molecule has 1 saturated carbocycles. The summed E-state index contributed by atoms with van der Waals surface area (Å²) in [4.78, 5) is 15.4. The number of amides is 2. The van der Waals surface area contributed by atoms with Crippen molar-refractivity contribution in [2.24, 2.45) is 0 Å². The third-order valence-corrected chi connectivity index (χ3v) is 9.46. The van der Waals surface area contributed by atoms with Crippen molar-refractivity contribution in [1.82, 2.24) is 15.4 Å². The van der Waals surface area contributed by atoms with E-state index in [1.54, 1.807) is 0 Å². The number of nitrogens with zero attached hydrogens (tertiary/aromatic N) is 2. The molecule has 2 unspecified atom stereocenters. The van der Waals surface area contributed by atoms with Crippen LogP contribution in [0.15, 0.2) is 77.3 Å². The van der Waals surface area contributed by atoms with Crippen LogP contribution in [0.2, 0.25) is 10.0 Å². The van der Waals surface area contributed by atoms with E-state index in [1.807, 2.05) is 42.5 Å². The lowest BCUT2D eigenvalue weighted by Crippen LogP contribution is -2.52. The van der Waals surface area contributed by atoms with Crippen LogP contribution < -0.4 is 5.32 Å². The van der Waals surface area contributed by atoms with E-state index in [1.165, 1.54) is 5.56 Å². The fraction of sp³-hybridized carbons (Fsp3) is 0.353. The smallest absolute Gasteiger partial charge is 0.318 e. The first-order valence-corrected chi connectivity index (χ1v) is 15.6. The molecule has 3 heterocycles. The summed E-state index contributed by atoms with van der Waals surface area (Å²) in [6.45, 7) is 0.889. The summed E-state index contributed by atoms with van der Waals surface area (Å²) < 4.78 is 12.4. The Bertz CT molecular complexity index is 1550. The van der Waals surface area contributed by atoms with Gasteiger partial charge in [-0.3, -0.25) is 0 Å². The summed E-state index contributed by atoms with van der Waals surface area (Å²) in [5, 5.41) is 8.66. The lowest BCUT2D eigenvalue weighted by atomic mass is 9.99. The summed E-state index contributed by atoms with van der Waals surface area (Å²) in [7, 11) is 0. The second-order valence-electron chi connectivity index (χ2n) is 11.7. The highest BCUT2D eigenvalue weighted by Gasteiger charge is 2.44. The lowest BCUT2D eigenvalue weighted by molar-refractivity contribution is -0.0172. The first-order chi connectivity index (χ1) is 20.5. The molecule has 1 N–H and O–H groups in total. The van der Waals surface area contributed by atoms with Crippen molar-refractivity contribution in [2.45, 2.75) is 75.8 Å². The molecule has 3 aliphatic rings. The summed E-state index contributed by atoms with van der Waals surface area (Å²) in [5.41, 5.74) is 5.71. The highest BCUT2D eigenvalue weighted by atomic mass is 35.5. The number of nitrogens with one attached hydrogen (secondary N) is 1. The fourth-order valence-corrected chi connectivity index (χ4v) is 7.18. The van der Waals surface area contributed by atoms with Crippen LogP contribution in [0, 0.1) is 0 Å². The number of aromatic nitrogens is 1. The molecule has 0 spiro atoms. The minimum atomic E-state index is 0.0109. The molecule has 8 heteroatoms. The molecule has 2 saturated heterocycles. The van der Waals surface area contributed by atoms with Crippen LogP contribution in [0.5, 0.6) is 0 Å². The minimum Gasteiger partial charge on any atom is -0.373 e. The lowest BCUT2D eigenvalue weighted by Gasteiger charge is -2.38. The van der Waals surface area contributed by atoms with Crippen molar-refractivity contribution in [3.05, 3.63) is 99.7 Å². The predicted octanol–water partition coefficient (Wildman–Crippen LogP) is 8.61. The van der Waals surface area contributed by atoms with Crippen molar-refractivity contribution in [1.29, 1.82) is 0 Å². The van der Waals surface area contributed by atoms with Crippen molar-refractivity contribution in [3.8, 4) is 22.4 Å². The monoisotopic (exact) mass is 601 g/mol. The molecular weight excluding hydrogens is 569 g/mol. The molecule has 6 nitrogen and oxygen atoms in total. The van der Waals surface area contributed by atoms with E-state index in [2.05, 4.69) is 45.7 Å². The Balaban J connectivity index is 0.994. The Kier molecular flexibility index (Phi) is 7.70. The van der Waals surface area contributed by atoms with Crippen molar-refractivity contribution in [3.63, 3.8) is 0 Å². The van der Waals surface area contributed by atoms with Crippen LogP contribution in [0.25, 0.3) is 22.4 Å². The van der Waals surface area contributed by atoms with Crippen LogP contribution >= 0.6 is 23.2 Å². The Hall–Kier alpha value is -3.32. The van der Waals surface area contributed by atoms with Gasteiger partial charge in [-0.25, -0.2) is 4.79 Å². The Morgan fingerprint density at radius 3 is 2.31 bits per heavy atom. The van der Waals surface area contributed by atoms with E-state index in [0.717, 1.165) is 61.0 Å². The van der Waals surface area contributed by atoms with Gasteiger partial charge in [0.2, 0.25) is 0 Å². The molecule has 216 valence electrons. The van der Waals surface area contributed by atoms with Gasteiger partial charge < -0.3 is 19.5 Å². The molecule has 1 aromatic heterocycles. The molecule has 3 fully saturated rings. The van der Waals surface area contributed by atoms with Crippen LogP contribution in [-0.4, -0.2) is 34.3 Å². The van der Waals surface area contributed by atoms with Crippen LogP contribution in [0.3, 0.4) is 0 Å². The van der Waals surface area contributed by atoms with E-state index >= 15 is 0 Å². The minimum absolute atomic E-state index is 0.0109. The van der Waals surface area contributed by atoms with Gasteiger partial charge in [0.1, 0.15) is 11.5 Å². The topological polar surface area (TPSA) is 67.6 Å². The highest BCUT2D eigenvalue weighted by Crippen LogP contribution is 2.46. The standard InChI is InChI=1S/C34H33Cl2N3O3/c35-29-10-5-11-30(36)31(29)32-28(33(42-38-32)23-12-13-23)20-41-27-17-25-14-15-26(18-27)39(25)34(40)37-19-21-6-4-9-24(16-21)22-7-2-1-3-8-22/h1-11,16,23,25-27H,12-15,17-20H2,(H,37,40). The Morgan fingerprint density at radius 2 is 1.60 bits per heavy atom.